The Bertz CT molecular complexity index is 278. The first-order valence-corrected chi connectivity index (χ1v) is 5.14. The van der Waals surface area contributed by atoms with Gasteiger partial charge in [0.25, 0.3) is 0 Å². The quantitative estimate of drug-likeness (QED) is 0.532. The van der Waals surface area contributed by atoms with Crippen molar-refractivity contribution >= 4 is 15.7 Å². The summed E-state index contributed by atoms with van der Waals surface area (Å²) in [6.45, 7) is 3.39. The standard InChI is InChI=1S/C6H11NO3S/c1-6(2)4-11(9,10)3-5(8)7-6/h3-4H2,1-2H3,(H,7,8). The maximum Gasteiger partial charge on any atom is 0.235 e. The maximum absolute atomic E-state index is 11.0. The fourth-order valence-corrected chi connectivity index (χ4v) is 3.00. The van der Waals surface area contributed by atoms with Crippen molar-refractivity contribution in [1.29, 1.82) is 0 Å². The van der Waals surface area contributed by atoms with Crippen LogP contribution in [0, 0.1) is 0 Å². The summed E-state index contributed by atoms with van der Waals surface area (Å²) in [6.07, 6.45) is 0. The van der Waals surface area contributed by atoms with E-state index in [9.17, 15) is 13.2 Å². The van der Waals surface area contributed by atoms with Gasteiger partial charge in [0.1, 0.15) is 5.75 Å². The molecule has 1 N–H and O–H groups in total. The summed E-state index contributed by atoms with van der Waals surface area (Å²) in [5.41, 5.74) is -0.603. The second kappa shape index (κ2) is 2.20. The average molecular weight is 177 g/mol. The molecule has 1 aliphatic heterocycles. The number of sulfone groups is 1. The van der Waals surface area contributed by atoms with Crippen molar-refractivity contribution < 1.29 is 13.2 Å². The van der Waals surface area contributed by atoms with E-state index in [0.29, 0.717) is 0 Å². The smallest absolute Gasteiger partial charge is 0.235 e. The molecule has 0 aromatic carbocycles. The monoisotopic (exact) mass is 177 g/mol. The first-order chi connectivity index (χ1) is 4.81. The van der Waals surface area contributed by atoms with E-state index >= 15 is 0 Å². The van der Waals surface area contributed by atoms with Gasteiger partial charge in [-0.25, -0.2) is 8.42 Å². The number of carbonyl (C=O) groups excluding carboxylic acids is 1. The maximum atomic E-state index is 11.0. The minimum Gasteiger partial charge on any atom is -0.349 e. The Balaban J connectivity index is 2.92. The summed E-state index contributed by atoms with van der Waals surface area (Å²) < 4.78 is 22.0. The Morgan fingerprint density at radius 3 is 2.36 bits per heavy atom. The highest BCUT2D eigenvalue weighted by Crippen LogP contribution is 2.12. The molecule has 4 nitrogen and oxygen atoms in total. The Morgan fingerprint density at radius 1 is 1.45 bits per heavy atom. The minimum absolute atomic E-state index is 0.0335. The van der Waals surface area contributed by atoms with Crippen LogP contribution in [-0.4, -0.2) is 31.4 Å². The molecule has 1 fully saturated rings. The summed E-state index contributed by atoms with van der Waals surface area (Å²) in [4.78, 5) is 10.8. The van der Waals surface area contributed by atoms with Gasteiger partial charge < -0.3 is 5.32 Å². The topological polar surface area (TPSA) is 63.2 Å². The van der Waals surface area contributed by atoms with Gasteiger partial charge in [0.15, 0.2) is 9.84 Å². The molecule has 0 unspecified atom stereocenters. The van der Waals surface area contributed by atoms with Gasteiger partial charge in [0.05, 0.1) is 5.75 Å². The van der Waals surface area contributed by atoms with Crippen molar-refractivity contribution in [2.24, 2.45) is 0 Å². The lowest BCUT2D eigenvalue weighted by Gasteiger charge is -2.29. The van der Waals surface area contributed by atoms with Crippen LogP contribution in [0.3, 0.4) is 0 Å². The molecular formula is C6H11NO3S. The van der Waals surface area contributed by atoms with Crippen LogP contribution in [0.5, 0.6) is 0 Å². The molecule has 1 heterocycles. The normalized spacial score (nSPS) is 27.6. The van der Waals surface area contributed by atoms with E-state index in [2.05, 4.69) is 5.32 Å². The molecule has 0 aromatic heterocycles. The first kappa shape index (κ1) is 8.52. The third kappa shape index (κ3) is 2.18. The molecule has 0 aliphatic carbocycles. The van der Waals surface area contributed by atoms with Crippen molar-refractivity contribution in [3.8, 4) is 0 Å². The van der Waals surface area contributed by atoms with Crippen molar-refractivity contribution in [1.82, 2.24) is 5.32 Å². The van der Waals surface area contributed by atoms with Crippen LogP contribution in [-0.2, 0) is 14.6 Å². The second-order valence-electron chi connectivity index (χ2n) is 3.46. The number of rotatable bonds is 0. The van der Waals surface area contributed by atoms with E-state index in [0.717, 1.165) is 0 Å². The molecule has 1 aliphatic rings. The largest absolute Gasteiger partial charge is 0.349 e. The highest BCUT2D eigenvalue weighted by Gasteiger charge is 2.34. The third-order valence-corrected chi connectivity index (χ3v) is 3.27. The molecule has 1 amide bonds. The van der Waals surface area contributed by atoms with Crippen molar-refractivity contribution in [3.63, 3.8) is 0 Å². The van der Waals surface area contributed by atoms with Gasteiger partial charge >= 0.3 is 0 Å². The lowest BCUT2D eigenvalue weighted by atomic mass is 10.1. The molecule has 0 radical (unpaired) electrons. The number of amides is 1. The number of nitrogens with one attached hydrogen (secondary N) is 1. The summed E-state index contributed by atoms with van der Waals surface area (Å²) >= 11 is 0. The highest BCUT2D eigenvalue weighted by atomic mass is 32.2. The minimum atomic E-state index is -3.15. The fraction of sp³-hybridized carbons (Fsp3) is 0.833. The van der Waals surface area contributed by atoms with Crippen LogP contribution < -0.4 is 5.32 Å². The van der Waals surface area contributed by atoms with Crippen LogP contribution >= 0.6 is 0 Å². The van der Waals surface area contributed by atoms with Gasteiger partial charge in [-0.3, -0.25) is 4.79 Å². The summed E-state index contributed by atoms with van der Waals surface area (Å²) in [6, 6.07) is 0. The van der Waals surface area contributed by atoms with Gasteiger partial charge in [-0.15, -0.1) is 0 Å². The summed E-state index contributed by atoms with van der Waals surface area (Å²) in [5.74, 6) is -0.733. The zero-order chi connectivity index (χ0) is 8.70. The van der Waals surface area contributed by atoms with Crippen LogP contribution in [0.25, 0.3) is 0 Å². The van der Waals surface area contributed by atoms with Gasteiger partial charge in [0.2, 0.25) is 5.91 Å². The Kier molecular flexibility index (Phi) is 1.70. The zero-order valence-corrected chi connectivity index (χ0v) is 7.36. The average Bonchev–Trinajstić information content (AvgIpc) is 1.49. The van der Waals surface area contributed by atoms with Crippen LogP contribution in [0.4, 0.5) is 0 Å². The lowest BCUT2D eigenvalue weighted by molar-refractivity contribution is -0.120. The molecule has 11 heavy (non-hydrogen) atoms. The second-order valence-corrected chi connectivity index (χ2v) is 5.53. The SMILES string of the molecule is CC1(C)CS(=O)(=O)CC(=O)N1. The molecule has 0 aromatic rings. The Morgan fingerprint density at radius 2 is 2.00 bits per heavy atom. The number of carbonyl (C=O) groups is 1. The van der Waals surface area contributed by atoms with Gasteiger partial charge in [0, 0.05) is 5.54 Å². The molecule has 5 heteroatoms. The molecule has 0 bridgehead atoms. The van der Waals surface area contributed by atoms with E-state index in [1.807, 2.05) is 0 Å². The van der Waals surface area contributed by atoms with E-state index in [-0.39, 0.29) is 11.5 Å². The van der Waals surface area contributed by atoms with E-state index < -0.39 is 21.3 Å². The third-order valence-electron chi connectivity index (χ3n) is 1.41. The molecule has 0 spiro atoms. The summed E-state index contributed by atoms with van der Waals surface area (Å²) in [5, 5.41) is 2.59. The molecule has 64 valence electrons. The molecule has 0 saturated carbocycles. The van der Waals surface area contributed by atoms with Crippen LogP contribution in [0.15, 0.2) is 0 Å². The van der Waals surface area contributed by atoms with E-state index in [1.165, 1.54) is 0 Å². The first-order valence-electron chi connectivity index (χ1n) is 3.32. The van der Waals surface area contributed by atoms with Crippen LogP contribution in [0.1, 0.15) is 13.8 Å². The molecule has 0 atom stereocenters. The predicted octanol–water partition coefficient (Wildman–Crippen LogP) is -0.690. The molecular weight excluding hydrogens is 166 g/mol. The molecule has 1 rings (SSSR count). The van der Waals surface area contributed by atoms with Crippen molar-refractivity contribution in [3.05, 3.63) is 0 Å². The highest BCUT2D eigenvalue weighted by molar-refractivity contribution is 7.92. The Hall–Kier alpha value is -0.580. The molecule has 1 saturated heterocycles. The predicted molar refractivity (Wildman–Crippen MR) is 40.9 cm³/mol. The van der Waals surface area contributed by atoms with Gasteiger partial charge in [-0.05, 0) is 13.8 Å². The Labute approximate surface area is 65.9 Å². The van der Waals surface area contributed by atoms with Gasteiger partial charge in [-0.2, -0.15) is 0 Å². The fourth-order valence-electron chi connectivity index (χ4n) is 1.25. The van der Waals surface area contributed by atoms with Crippen molar-refractivity contribution in [2.45, 2.75) is 19.4 Å². The van der Waals surface area contributed by atoms with Crippen molar-refractivity contribution in [2.75, 3.05) is 11.5 Å². The van der Waals surface area contributed by atoms with E-state index in [4.69, 9.17) is 0 Å². The van der Waals surface area contributed by atoms with Crippen LogP contribution in [0.2, 0.25) is 0 Å². The van der Waals surface area contributed by atoms with Gasteiger partial charge in [-0.1, -0.05) is 0 Å². The number of hydrogen-bond donors (Lipinski definition) is 1. The summed E-state index contributed by atoms with van der Waals surface area (Å²) in [7, 11) is -3.15. The zero-order valence-electron chi connectivity index (χ0n) is 6.55. The number of hydrogen-bond acceptors (Lipinski definition) is 3. The lowest BCUT2D eigenvalue weighted by Crippen LogP contribution is -2.55. The van der Waals surface area contributed by atoms with E-state index in [1.54, 1.807) is 13.8 Å².